The highest BCUT2D eigenvalue weighted by Gasteiger charge is 2.37. The van der Waals surface area contributed by atoms with Crippen molar-refractivity contribution < 1.29 is 27.6 Å². The molecular weight excluding hydrogens is 621 g/mol. The van der Waals surface area contributed by atoms with Crippen LogP contribution in [-0.4, -0.2) is 96.3 Å². The van der Waals surface area contributed by atoms with E-state index in [0.29, 0.717) is 45.6 Å². The molecule has 46 heavy (non-hydrogen) atoms. The monoisotopic (exact) mass is 662 g/mol. The third kappa shape index (κ3) is 7.71. The smallest absolute Gasteiger partial charge is 0.397 e. The molecule has 3 N–H and O–H groups in total. The van der Waals surface area contributed by atoms with E-state index in [0.717, 1.165) is 36.6 Å². The van der Waals surface area contributed by atoms with Crippen molar-refractivity contribution in [3.63, 3.8) is 0 Å². The zero-order chi connectivity index (χ0) is 33.2. The summed E-state index contributed by atoms with van der Waals surface area (Å²) in [5, 5.41) is 2.76. The second-order valence-corrected chi connectivity index (χ2v) is 13.2. The van der Waals surface area contributed by atoms with Gasteiger partial charge in [0.15, 0.2) is 0 Å². The Morgan fingerprint density at radius 1 is 1.07 bits per heavy atom. The zero-order valence-electron chi connectivity index (χ0n) is 26.3. The fourth-order valence-electron chi connectivity index (χ4n) is 6.90. The van der Waals surface area contributed by atoms with Crippen LogP contribution in [0.25, 0.3) is 0 Å². The van der Waals surface area contributed by atoms with Gasteiger partial charge in [0, 0.05) is 56.9 Å². The fourth-order valence-corrected chi connectivity index (χ4v) is 7.14. The van der Waals surface area contributed by atoms with Gasteiger partial charge >= 0.3 is 12.2 Å². The van der Waals surface area contributed by atoms with E-state index in [-0.39, 0.29) is 53.4 Å². The van der Waals surface area contributed by atoms with Gasteiger partial charge in [0.05, 0.1) is 22.2 Å². The molecule has 3 aliphatic heterocycles. The van der Waals surface area contributed by atoms with Crippen LogP contribution in [0.5, 0.6) is 0 Å². The summed E-state index contributed by atoms with van der Waals surface area (Å²) in [7, 11) is 3.90. The third-order valence-corrected chi connectivity index (χ3v) is 9.90. The topological polar surface area (TPSA) is 102 Å². The Morgan fingerprint density at radius 2 is 1.78 bits per heavy atom. The van der Waals surface area contributed by atoms with Gasteiger partial charge in [0.25, 0.3) is 0 Å². The largest absolute Gasteiger partial charge is 0.418 e. The number of hydrogen-bond acceptors (Lipinski definition) is 5. The third-order valence-electron chi connectivity index (χ3n) is 9.59. The molecular formula is C33H42ClF3N6O3. The van der Waals surface area contributed by atoms with Gasteiger partial charge in [-0.1, -0.05) is 29.8 Å². The number of nitrogens with one attached hydrogen (secondary N) is 1. The summed E-state index contributed by atoms with van der Waals surface area (Å²) in [6.45, 7) is 2.42. The molecule has 0 aliphatic carbocycles. The number of benzene rings is 2. The molecule has 9 nitrogen and oxygen atoms in total. The van der Waals surface area contributed by atoms with Crippen molar-refractivity contribution in [3.05, 3.63) is 58.1 Å². The number of para-hydroxylation sites is 1. The van der Waals surface area contributed by atoms with Crippen LogP contribution in [0.4, 0.5) is 29.3 Å². The standard InChI is InChI=1S/C33H42ClF3N6O3/c1-40(2)25-7-5-12-42(20-25)31(45)23(16-21-17-26(33(35,36)37)30(38)27(34)18-21)19-29(44)41-13-10-24(11-14-41)43-15-9-22-6-3-4-8-28(22)39-32(43)46/h3-4,6,8,17-18,23-25H,5,7,9-16,19-20,38H2,1-2H3,(H,39,46)/t23-,25?/m0/s1. The first-order chi connectivity index (χ1) is 21.8. The lowest BCUT2D eigenvalue weighted by atomic mass is 9.91. The number of nitrogens with zero attached hydrogens (tertiary/aromatic N) is 4. The molecule has 0 radical (unpaired) electrons. The number of anilines is 2. The molecule has 0 saturated carbocycles. The summed E-state index contributed by atoms with van der Waals surface area (Å²) in [6.07, 6.45) is -1.31. The van der Waals surface area contributed by atoms with Gasteiger partial charge in [-0.3, -0.25) is 9.59 Å². The second-order valence-electron chi connectivity index (χ2n) is 12.8. The molecule has 3 aliphatic rings. The van der Waals surface area contributed by atoms with Gasteiger partial charge in [0.1, 0.15) is 0 Å². The lowest BCUT2D eigenvalue weighted by molar-refractivity contribution is -0.143. The first kappa shape index (κ1) is 33.8. The minimum Gasteiger partial charge on any atom is -0.397 e. The van der Waals surface area contributed by atoms with Gasteiger partial charge in [-0.05, 0) is 81.9 Å². The summed E-state index contributed by atoms with van der Waals surface area (Å²) >= 11 is 6.11. The normalized spacial score (nSPS) is 20.3. The molecule has 2 saturated heterocycles. The summed E-state index contributed by atoms with van der Waals surface area (Å²) in [5.74, 6) is -1.36. The van der Waals surface area contributed by atoms with E-state index in [2.05, 4.69) is 10.2 Å². The number of carbonyl (C=O) groups excluding carboxylic acids is 3. The number of alkyl halides is 3. The van der Waals surface area contributed by atoms with Crippen molar-refractivity contribution in [1.82, 2.24) is 19.6 Å². The van der Waals surface area contributed by atoms with Crippen molar-refractivity contribution in [3.8, 4) is 0 Å². The van der Waals surface area contributed by atoms with Crippen LogP contribution in [0.2, 0.25) is 5.02 Å². The SMILES string of the molecule is CN(C)C1CCCN(C(=O)[C@H](CC(=O)N2CCC(N3CCc4ccccc4NC3=O)CC2)Cc2cc(Cl)c(N)c(C(F)(F)F)c2)C1. The summed E-state index contributed by atoms with van der Waals surface area (Å²) in [5.41, 5.74) is 6.13. The molecule has 0 spiro atoms. The lowest BCUT2D eigenvalue weighted by Crippen LogP contribution is -2.51. The number of amides is 4. The number of rotatable bonds is 7. The van der Waals surface area contributed by atoms with Crippen LogP contribution in [0.1, 0.15) is 48.8 Å². The number of likely N-dealkylation sites (N-methyl/N-ethyl adjacent to an activating group) is 1. The number of likely N-dealkylation sites (tertiary alicyclic amines) is 2. The fraction of sp³-hybridized carbons (Fsp3) is 0.545. The number of hydrogen-bond donors (Lipinski definition) is 2. The lowest BCUT2D eigenvalue weighted by Gasteiger charge is -2.39. The van der Waals surface area contributed by atoms with Crippen LogP contribution in [0.3, 0.4) is 0 Å². The molecule has 2 aromatic carbocycles. The molecule has 5 rings (SSSR count). The summed E-state index contributed by atoms with van der Waals surface area (Å²) < 4.78 is 41.2. The van der Waals surface area contributed by atoms with Crippen LogP contribution >= 0.6 is 11.6 Å². The van der Waals surface area contributed by atoms with E-state index in [4.69, 9.17) is 17.3 Å². The van der Waals surface area contributed by atoms with Crippen LogP contribution in [0.15, 0.2) is 36.4 Å². The maximum Gasteiger partial charge on any atom is 0.418 e. The molecule has 13 heteroatoms. The Morgan fingerprint density at radius 3 is 2.48 bits per heavy atom. The Balaban J connectivity index is 1.29. The maximum atomic E-state index is 13.9. The van der Waals surface area contributed by atoms with Crippen LogP contribution in [0, 0.1) is 5.92 Å². The minimum absolute atomic E-state index is 0.0372. The number of halogens is 4. The average molecular weight is 663 g/mol. The highest BCUT2D eigenvalue weighted by molar-refractivity contribution is 6.33. The number of nitrogens with two attached hydrogens (primary N) is 1. The molecule has 0 bridgehead atoms. The molecule has 2 atom stereocenters. The Hall–Kier alpha value is -3.51. The van der Waals surface area contributed by atoms with Crippen molar-refractivity contribution in [1.29, 1.82) is 0 Å². The molecule has 4 amide bonds. The van der Waals surface area contributed by atoms with Gasteiger partial charge < -0.3 is 30.7 Å². The number of nitrogen functional groups attached to an aromatic ring is 1. The number of piperidine rings is 2. The maximum absolute atomic E-state index is 13.9. The van der Waals surface area contributed by atoms with Crippen molar-refractivity contribution in [2.24, 2.45) is 5.92 Å². The minimum atomic E-state index is -4.72. The van der Waals surface area contributed by atoms with Gasteiger partial charge in [-0.2, -0.15) is 13.2 Å². The van der Waals surface area contributed by atoms with E-state index in [1.807, 2.05) is 43.3 Å². The Kier molecular flexibility index (Phi) is 10.4. The number of fused-ring (bicyclic) bond motifs is 1. The number of urea groups is 1. The quantitative estimate of drug-likeness (QED) is 0.401. The van der Waals surface area contributed by atoms with Crippen molar-refractivity contribution >= 4 is 40.8 Å². The van der Waals surface area contributed by atoms with Crippen molar-refractivity contribution in [2.45, 2.75) is 63.2 Å². The molecule has 2 aromatic rings. The van der Waals surface area contributed by atoms with E-state index in [1.54, 1.807) is 9.80 Å². The van der Waals surface area contributed by atoms with E-state index in [1.165, 1.54) is 6.07 Å². The summed E-state index contributed by atoms with van der Waals surface area (Å²) in [6, 6.07) is 9.98. The Bertz CT molecular complexity index is 1450. The van der Waals surface area contributed by atoms with Gasteiger partial charge in [0.2, 0.25) is 11.8 Å². The van der Waals surface area contributed by atoms with Gasteiger partial charge in [-0.25, -0.2) is 4.79 Å². The first-order valence-corrected chi connectivity index (χ1v) is 16.2. The van der Waals surface area contributed by atoms with Crippen LogP contribution < -0.4 is 11.1 Å². The van der Waals surface area contributed by atoms with Gasteiger partial charge in [-0.15, -0.1) is 0 Å². The highest BCUT2D eigenvalue weighted by atomic mass is 35.5. The predicted octanol–water partition coefficient (Wildman–Crippen LogP) is 5.12. The zero-order valence-corrected chi connectivity index (χ0v) is 27.0. The summed E-state index contributed by atoms with van der Waals surface area (Å²) in [4.78, 5) is 48.0. The second kappa shape index (κ2) is 14.1. The molecule has 250 valence electrons. The van der Waals surface area contributed by atoms with E-state index in [9.17, 15) is 27.6 Å². The predicted molar refractivity (Wildman–Crippen MR) is 171 cm³/mol. The van der Waals surface area contributed by atoms with E-state index < -0.39 is 23.3 Å². The number of carbonyl (C=O) groups is 3. The molecule has 3 heterocycles. The van der Waals surface area contributed by atoms with Crippen molar-refractivity contribution in [2.75, 3.05) is 57.9 Å². The molecule has 0 aromatic heterocycles. The van der Waals surface area contributed by atoms with E-state index >= 15 is 0 Å². The Labute approximate surface area is 272 Å². The highest BCUT2D eigenvalue weighted by Crippen LogP contribution is 2.38. The average Bonchev–Trinajstić information content (AvgIpc) is 3.19. The van der Waals surface area contributed by atoms with Crippen LogP contribution in [-0.2, 0) is 28.6 Å². The first-order valence-electron chi connectivity index (χ1n) is 15.9. The molecule has 2 fully saturated rings. The molecule has 1 unspecified atom stereocenters.